The fraction of sp³-hybridized carbons (Fsp3) is 0.231. The monoisotopic (exact) mass is 215 g/mol. The second-order valence-corrected chi connectivity index (χ2v) is 3.31. The van der Waals surface area contributed by atoms with Gasteiger partial charge in [-0.05, 0) is 31.1 Å². The van der Waals surface area contributed by atoms with E-state index in [4.69, 9.17) is 0 Å². The Bertz CT molecular complexity index is 420. The van der Waals surface area contributed by atoms with Gasteiger partial charge in [0.2, 0.25) is 0 Å². The molecule has 1 heterocycles. The van der Waals surface area contributed by atoms with Gasteiger partial charge in [-0.1, -0.05) is 12.7 Å². The number of rotatable bonds is 3. The van der Waals surface area contributed by atoms with Crippen molar-refractivity contribution in [3.05, 3.63) is 47.9 Å². The number of allylic oxidation sites excluding steroid dienone is 3. The van der Waals surface area contributed by atoms with Gasteiger partial charge in [0.05, 0.1) is 0 Å². The molecular weight excluding hydrogens is 198 g/mol. The van der Waals surface area contributed by atoms with E-state index < -0.39 is 0 Å². The second-order valence-electron chi connectivity index (χ2n) is 3.31. The summed E-state index contributed by atoms with van der Waals surface area (Å²) in [4.78, 5) is 8.22. The molecule has 0 radical (unpaired) electrons. The normalized spacial score (nSPS) is 21.7. The minimum Gasteiger partial charge on any atom is -0.346 e. The molecule has 0 saturated carbocycles. The zero-order valence-corrected chi connectivity index (χ0v) is 9.99. The van der Waals surface area contributed by atoms with Crippen LogP contribution in [0.25, 0.3) is 0 Å². The Labute approximate surface area is 96.7 Å². The fourth-order valence-electron chi connectivity index (χ4n) is 1.54. The smallest absolute Gasteiger partial charge is 0.137 e. The highest BCUT2D eigenvalue weighted by Crippen LogP contribution is 2.18. The molecule has 1 rings (SSSR count). The summed E-state index contributed by atoms with van der Waals surface area (Å²) in [5.41, 5.74) is 3.32. The van der Waals surface area contributed by atoms with E-state index in [1.165, 1.54) is 6.20 Å². The Hall–Kier alpha value is -1.90. The Morgan fingerprint density at radius 1 is 1.50 bits per heavy atom. The molecular formula is C13H17N3. The summed E-state index contributed by atoms with van der Waals surface area (Å²) in [6, 6.07) is 0. The van der Waals surface area contributed by atoms with Crippen LogP contribution in [0.1, 0.15) is 13.8 Å². The van der Waals surface area contributed by atoms with Crippen LogP contribution in [0.3, 0.4) is 0 Å². The molecule has 0 unspecified atom stereocenters. The lowest BCUT2D eigenvalue weighted by Gasteiger charge is -2.06. The first-order valence-electron chi connectivity index (χ1n) is 5.16. The van der Waals surface area contributed by atoms with E-state index >= 15 is 0 Å². The van der Waals surface area contributed by atoms with Crippen molar-refractivity contribution in [3.63, 3.8) is 0 Å². The lowest BCUT2D eigenvalue weighted by atomic mass is 10.0. The van der Waals surface area contributed by atoms with Gasteiger partial charge >= 0.3 is 0 Å². The second kappa shape index (κ2) is 5.85. The summed E-state index contributed by atoms with van der Waals surface area (Å²) in [6.07, 6.45) is 9.29. The molecule has 0 aromatic rings. The fourth-order valence-corrected chi connectivity index (χ4v) is 1.54. The van der Waals surface area contributed by atoms with E-state index in [-0.39, 0.29) is 0 Å². The van der Waals surface area contributed by atoms with E-state index in [2.05, 4.69) is 28.8 Å². The van der Waals surface area contributed by atoms with E-state index in [1.807, 2.05) is 31.5 Å². The number of hydrogen-bond acceptors (Lipinski definition) is 2. The van der Waals surface area contributed by atoms with Gasteiger partial charge < -0.3 is 5.32 Å². The number of hydrogen-bond donors (Lipinski definition) is 1. The standard InChI is InChI=1S/C13H17N3/c1-5-11(9-14-4)10(3)12-7-8-16-13(12)15-6-2/h5-9H,2H2,1,3-4H3,(H,15,16)/b11-5?,12-10+,14-9-. The highest BCUT2D eigenvalue weighted by Gasteiger charge is 2.12. The maximum atomic E-state index is 4.18. The topological polar surface area (TPSA) is 36.8 Å². The summed E-state index contributed by atoms with van der Waals surface area (Å²) < 4.78 is 0. The molecule has 0 aliphatic carbocycles. The van der Waals surface area contributed by atoms with Gasteiger partial charge in [-0.2, -0.15) is 0 Å². The molecule has 3 heteroatoms. The van der Waals surface area contributed by atoms with Crippen molar-refractivity contribution in [1.29, 1.82) is 0 Å². The molecule has 3 nitrogen and oxygen atoms in total. The molecule has 0 spiro atoms. The van der Waals surface area contributed by atoms with Gasteiger partial charge in [-0.25, -0.2) is 4.99 Å². The molecule has 0 aromatic carbocycles. The van der Waals surface area contributed by atoms with E-state index in [0.29, 0.717) is 0 Å². The highest BCUT2D eigenvalue weighted by molar-refractivity contribution is 6.06. The Morgan fingerprint density at radius 3 is 2.81 bits per heavy atom. The Balaban J connectivity index is 3.17. The third kappa shape index (κ3) is 2.57. The number of nitrogens with zero attached hydrogens (tertiary/aromatic N) is 2. The maximum absolute atomic E-state index is 4.18. The highest BCUT2D eigenvalue weighted by atomic mass is 15.0. The van der Waals surface area contributed by atoms with Crippen molar-refractivity contribution in [3.8, 4) is 0 Å². The predicted molar refractivity (Wildman–Crippen MR) is 70.8 cm³/mol. The van der Waals surface area contributed by atoms with E-state index in [0.717, 1.165) is 22.6 Å². The van der Waals surface area contributed by atoms with Crippen LogP contribution in [-0.2, 0) is 0 Å². The largest absolute Gasteiger partial charge is 0.346 e. The maximum Gasteiger partial charge on any atom is 0.137 e. The average molecular weight is 215 g/mol. The van der Waals surface area contributed by atoms with Crippen LogP contribution in [0, 0.1) is 0 Å². The van der Waals surface area contributed by atoms with E-state index in [9.17, 15) is 0 Å². The third-order valence-corrected chi connectivity index (χ3v) is 2.36. The number of amidine groups is 1. The molecule has 0 saturated heterocycles. The molecule has 1 N–H and O–H groups in total. The summed E-state index contributed by atoms with van der Waals surface area (Å²) >= 11 is 0. The van der Waals surface area contributed by atoms with Crippen molar-refractivity contribution < 1.29 is 0 Å². The molecule has 0 bridgehead atoms. The van der Waals surface area contributed by atoms with Gasteiger partial charge in [-0.15, -0.1) is 0 Å². The lowest BCUT2D eigenvalue weighted by molar-refractivity contribution is 1.29. The SMILES string of the molecule is C=C/N=C1/NC=C/C1=C(/C)C(=CC)/C=N\C. The van der Waals surface area contributed by atoms with Crippen LogP contribution in [0.4, 0.5) is 0 Å². The van der Waals surface area contributed by atoms with Gasteiger partial charge in [-0.3, -0.25) is 4.99 Å². The first-order chi connectivity index (χ1) is 7.74. The predicted octanol–water partition coefficient (Wildman–Crippen LogP) is 2.61. The molecule has 16 heavy (non-hydrogen) atoms. The van der Waals surface area contributed by atoms with Crippen LogP contribution in [0.2, 0.25) is 0 Å². The summed E-state index contributed by atoms with van der Waals surface area (Å²) in [7, 11) is 1.77. The lowest BCUT2D eigenvalue weighted by Crippen LogP contribution is -2.14. The molecule has 0 aromatic heterocycles. The quantitative estimate of drug-likeness (QED) is 0.722. The van der Waals surface area contributed by atoms with Crippen molar-refractivity contribution in [2.45, 2.75) is 13.8 Å². The van der Waals surface area contributed by atoms with Crippen molar-refractivity contribution >= 4 is 12.1 Å². The molecule has 84 valence electrons. The van der Waals surface area contributed by atoms with Crippen LogP contribution < -0.4 is 5.32 Å². The molecule has 0 atom stereocenters. The Kier molecular flexibility index (Phi) is 4.45. The van der Waals surface area contributed by atoms with Crippen molar-refractivity contribution in [2.24, 2.45) is 9.98 Å². The summed E-state index contributed by atoms with van der Waals surface area (Å²) in [5.74, 6) is 0.830. The average Bonchev–Trinajstić information content (AvgIpc) is 2.73. The van der Waals surface area contributed by atoms with Gasteiger partial charge in [0, 0.05) is 31.2 Å². The van der Waals surface area contributed by atoms with Gasteiger partial charge in [0.1, 0.15) is 5.84 Å². The number of nitrogens with one attached hydrogen (secondary N) is 1. The minimum atomic E-state index is 0.830. The van der Waals surface area contributed by atoms with Gasteiger partial charge in [0.25, 0.3) is 0 Å². The van der Waals surface area contributed by atoms with Crippen LogP contribution in [0.15, 0.2) is 57.8 Å². The summed E-state index contributed by atoms with van der Waals surface area (Å²) in [6.45, 7) is 7.66. The van der Waals surface area contributed by atoms with Crippen LogP contribution >= 0.6 is 0 Å². The summed E-state index contributed by atoms with van der Waals surface area (Å²) in [5, 5.41) is 3.08. The zero-order chi connectivity index (χ0) is 12.0. The van der Waals surface area contributed by atoms with Gasteiger partial charge in [0.15, 0.2) is 0 Å². The van der Waals surface area contributed by atoms with Crippen LogP contribution in [-0.4, -0.2) is 19.1 Å². The minimum absolute atomic E-state index is 0.830. The first kappa shape index (κ1) is 12.2. The van der Waals surface area contributed by atoms with Crippen LogP contribution in [0.5, 0.6) is 0 Å². The molecule has 1 aliphatic heterocycles. The van der Waals surface area contributed by atoms with Crippen molar-refractivity contribution in [2.75, 3.05) is 7.05 Å². The van der Waals surface area contributed by atoms with Crippen molar-refractivity contribution in [1.82, 2.24) is 5.32 Å². The molecule has 0 amide bonds. The third-order valence-electron chi connectivity index (χ3n) is 2.36. The molecule has 1 aliphatic rings. The first-order valence-corrected chi connectivity index (χ1v) is 5.16. The number of aliphatic imine (C=N–C) groups is 2. The zero-order valence-electron chi connectivity index (χ0n) is 9.99. The Morgan fingerprint density at radius 2 is 2.25 bits per heavy atom. The molecule has 0 fully saturated rings. The van der Waals surface area contributed by atoms with E-state index in [1.54, 1.807) is 7.05 Å².